The van der Waals surface area contributed by atoms with Gasteiger partial charge in [-0.25, -0.2) is 0 Å². The van der Waals surface area contributed by atoms with E-state index in [-0.39, 0.29) is 12.5 Å². The zero-order chi connectivity index (χ0) is 14.7. The highest BCUT2D eigenvalue weighted by molar-refractivity contribution is 9.10. The second-order valence-electron chi connectivity index (χ2n) is 4.63. The van der Waals surface area contributed by atoms with Crippen molar-refractivity contribution in [3.05, 3.63) is 34.4 Å². The van der Waals surface area contributed by atoms with Gasteiger partial charge < -0.3 is 9.84 Å². The van der Waals surface area contributed by atoms with Crippen molar-refractivity contribution in [2.75, 3.05) is 0 Å². The fourth-order valence-electron chi connectivity index (χ4n) is 1.79. The number of rotatable bonds is 5. The summed E-state index contributed by atoms with van der Waals surface area (Å²) in [5.74, 6) is -0.109. The predicted molar refractivity (Wildman–Crippen MR) is 78.8 cm³/mol. The minimum Gasteiger partial charge on any atom is -0.491 e. The Kier molecular flexibility index (Phi) is 4.44. The summed E-state index contributed by atoms with van der Waals surface area (Å²) in [6.07, 6.45) is 0.0300. The molecule has 0 bridgehead atoms. The zero-order valence-electron chi connectivity index (χ0n) is 11.2. The predicted octanol–water partition coefficient (Wildman–Crippen LogP) is 3.25. The number of hydrogen-bond donors (Lipinski definition) is 2. The van der Waals surface area contributed by atoms with Crippen LogP contribution in [0, 0.1) is 0 Å². The van der Waals surface area contributed by atoms with Gasteiger partial charge in [-0.3, -0.25) is 9.89 Å². The first-order chi connectivity index (χ1) is 9.47. The molecule has 0 unspecified atom stereocenters. The molecule has 0 radical (unpaired) electrons. The Morgan fingerprint density at radius 3 is 2.60 bits per heavy atom. The number of H-pyrrole nitrogens is 1. The van der Waals surface area contributed by atoms with E-state index in [2.05, 4.69) is 26.1 Å². The van der Waals surface area contributed by atoms with E-state index < -0.39 is 5.97 Å². The van der Waals surface area contributed by atoms with Gasteiger partial charge in [0.15, 0.2) is 0 Å². The molecule has 0 saturated heterocycles. The lowest BCUT2D eigenvalue weighted by Gasteiger charge is -2.09. The number of aromatic amines is 1. The third-order valence-electron chi connectivity index (χ3n) is 2.60. The topological polar surface area (TPSA) is 75.2 Å². The number of ether oxygens (including phenoxy) is 1. The molecule has 5 nitrogen and oxygen atoms in total. The summed E-state index contributed by atoms with van der Waals surface area (Å²) in [7, 11) is 0. The third-order valence-corrected chi connectivity index (χ3v) is 3.46. The molecule has 0 atom stereocenters. The van der Waals surface area contributed by atoms with E-state index in [9.17, 15) is 4.79 Å². The Hall–Kier alpha value is -1.82. The molecule has 1 aromatic heterocycles. The van der Waals surface area contributed by atoms with Crippen LogP contribution in [0.15, 0.2) is 28.7 Å². The van der Waals surface area contributed by atoms with Crippen LogP contribution in [0.3, 0.4) is 0 Å². The molecule has 0 spiro atoms. The molecule has 1 aromatic carbocycles. The summed E-state index contributed by atoms with van der Waals surface area (Å²) in [6, 6.07) is 7.52. The third kappa shape index (κ3) is 3.39. The molecule has 0 aliphatic heterocycles. The Morgan fingerprint density at radius 2 is 2.05 bits per heavy atom. The van der Waals surface area contributed by atoms with Crippen molar-refractivity contribution in [1.82, 2.24) is 10.2 Å². The summed E-state index contributed by atoms with van der Waals surface area (Å²) in [5, 5.41) is 15.7. The molecule has 0 aliphatic carbocycles. The molecule has 106 valence electrons. The average molecular weight is 339 g/mol. The number of carboxylic acid groups (broad SMARTS) is 1. The van der Waals surface area contributed by atoms with Crippen LogP contribution in [-0.4, -0.2) is 27.4 Å². The number of aromatic nitrogens is 2. The Bertz CT molecular complexity index is 605. The number of hydrogen-bond acceptors (Lipinski definition) is 3. The standard InChI is InChI=1S/C14H15BrN2O3/c1-8(2)20-10-5-3-9(4-6-10)14-13(15)11(16-17-14)7-12(18)19/h3-6,8H,7H2,1-2H3,(H,16,17)(H,18,19). The molecule has 0 fully saturated rings. The van der Waals surface area contributed by atoms with Crippen molar-refractivity contribution < 1.29 is 14.6 Å². The van der Waals surface area contributed by atoms with Crippen LogP contribution in [0.2, 0.25) is 0 Å². The lowest BCUT2D eigenvalue weighted by atomic mass is 10.1. The average Bonchev–Trinajstić information content (AvgIpc) is 2.71. The van der Waals surface area contributed by atoms with Gasteiger partial charge in [0.1, 0.15) is 11.4 Å². The number of nitrogens with zero attached hydrogens (tertiary/aromatic N) is 1. The number of halogens is 1. The van der Waals surface area contributed by atoms with Crippen molar-refractivity contribution in [3.63, 3.8) is 0 Å². The van der Waals surface area contributed by atoms with E-state index in [0.29, 0.717) is 15.9 Å². The van der Waals surface area contributed by atoms with E-state index in [1.54, 1.807) is 0 Å². The van der Waals surface area contributed by atoms with Gasteiger partial charge in [-0.05, 0) is 54.0 Å². The summed E-state index contributed by atoms with van der Waals surface area (Å²) < 4.78 is 6.25. The molecule has 2 N–H and O–H groups in total. The molecule has 1 heterocycles. The number of carbonyl (C=O) groups is 1. The quantitative estimate of drug-likeness (QED) is 0.877. The monoisotopic (exact) mass is 338 g/mol. The van der Waals surface area contributed by atoms with Crippen molar-refractivity contribution in [2.45, 2.75) is 26.4 Å². The maximum Gasteiger partial charge on any atom is 0.309 e. The normalized spacial score (nSPS) is 10.8. The fraction of sp³-hybridized carbons (Fsp3) is 0.286. The minimum absolute atomic E-state index is 0.0951. The maximum absolute atomic E-state index is 10.7. The van der Waals surface area contributed by atoms with Gasteiger partial charge in [0.05, 0.1) is 22.7 Å². The smallest absolute Gasteiger partial charge is 0.309 e. The highest BCUT2D eigenvalue weighted by Crippen LogP contribution is 2.30. The van der Waals surface area contributed by atoms with Crippen LogP contribution < -0.4 is 4.74 Å². The molecule has 6 heteroatoms. The van der Waals surface area contributed by atoms with E-state index in [0.717, 1.165) is 11.3 Å². The van der Waals surface area contributed by atoms with Gasteiger partial charge in [-0.2, -0.15) is 5.10 Å². The van der Waals surface area contributed by atoms with Crippen molar-refractivity contribution >= 4 is 21.9 Å². The zero-order valence-corrected chi connectivity index (χ0v) is 12.8. The number of nitrogens with one attached hydrogen (secondary N) is 1. The van der Waals surface area contributed by atoms with Gasteiger partial charge in [0.25, 0.3) is 0 Å². The molecule has 0 aliphatic rings. The van der Waals surface area contributed by atoms with E-state index in [1.165, 1.54) is 0 Å². The molecule has 0 saturated carbocycles. The van der Waals surface area contributed by atoms with Crippen LogP contribution in [-0.2, 0) is 11.2 Å². The first-order valence-corrected chi connectivity index (χ1v) is 6.98. The maximum atomic E-state index is 10.7. The Labute approximate surface area is 125 Å². The summed E-state index contributed by atoms with van der Waals surface area (Å²) in [6.45, 7) is 3.94. The minimum atomic E-state index is -0.901. The lowest BCUT2D eigenvalue weighted by Crippen LogP contribution is -2.05. The lowest BCUT2D eigenvalue weighted by molar-refractivity contribution is -0.136. The van der Waals surface area contributed by atoms with Crippen molar-refractivity contribution in [2.24, 2.45) is 0 Å². The highest BCUT2D eigenvalue weighted by atomic mass is 79.9. The van der Waals surface area contributed by atoms with Crippen molar-refractivity contribution in [3.8, 4) is 17.0 Å². The molecule has 2 rings (SSSR count). The number of aliphatic carboxylic acids is 1. The summed E-state index contributed by atoms with van der Waals surface area (Å²) >= 11 is 3.39. The first kappa shape index (κ1) is 14.6. The highest BCUT2D eigenvalue weighted by Gasteiger charge is 2.14. The fourth-order valence-corrected chi connectivity index (χ4v) is 2.33. The van der Waals surface area contributed by atoms with Gasteiger partial charge in [-0.1, -0.05) is 0 Å². The van der Waals surface area contributed by atoms with Crippen LogP contribution in [0.1, 0.15) is 19.5 Å². The second kappa shape index (κ2) is 6.09. The van der Waals surface area contributed by atoms with Gasteiger partial charge in [0.2, 0.25) is 0 Å². The van der Waals surface area contributed by atoms with Crippen LogP contribution in [0.5, 0.6) is 5.75 Å². The number of benzene rings is 1. The van der Waals surface area contributed by atoms with E-state index >= 15 is 0 Å². The Morgan fingerprint density at radius 1 is 1.40 bits per heavy atom. The van der Waals surface area contributed by atoms with E-state index in [4.69, 9.17) is 9.84 Å². The molecule has 0 amide bonds. The van der Waals surface area contributed by atoms with E-state index in [1.807, 2.05) is 38.1 Å². The number of carboxylic acids is 1. The summed E-state index contributed by atoms with van der Waals surface area (Å²) in [4.78, 5) is 10.7. The largest absolute Gasteiger partial charge is 0.491 e. The Balaban J connectivity index is 2.23. The summed E-state index contributed by atoms with van der Waals surface area (Å²) in [5.41, 5.74) is 2.13. The van der Waals surface area contributed by atoms with Crippen LogP contribution in [0.4, 0.5) is 0 Å². The second-order valence-corrected chi connectivity index (χ2v) is 5.42. The molecule has 20 heavy (non-hydrogen) atoms. The van der Waals surface area contributed by atoms with Gasteiger partial charge >= 0.3 is 5.97 Å². The van der Waals surface area contributed by atoms with Gasteiger partial charge in [0, 0.05) is 5.56 Å². The molecular weight excluding hydrogens is 324 g/mol. The van der Waals surface area contributed by atoms with Crippen LogP contribution >= 0.6 is 15.9 Å². The SMILES string of the molecule is CC(C)Oc1ccc(-c2n[nH]c(CC(=O)O)c2Br)cc1. The van der Waals surface area contributed by atoms with Gasteiger partial charge in [-0.15, -0.1) is 0 Å². The van der Waals surface area contributed by atoms with Crippen LogP contribution in [0.25, 0.3) is 11.3 Å². The first-order valence-electron chi connectivity index (χ1n) is 6.19. The van der Waals surface area contributed by atoms with Crippen molar-refractivity contribution in [1.29, 1.82) is 0 Å². The molecular formula is C14H15BrN2O3. The molecule has 2 aromatic rings.